The van der Waals surface area contributed by atoms with Crippen LogP contribution in [-0.2, 0) is 0 Å². The van der Waals surface area contributed by atoms with Crippen LogP contribution >= 0.6 is 0 Å². The molecule has 0 heterocycles. The minimum absolute atomic E-state index is 0.191. The van der Waals surface area contributed by atoms with Crippen molar-refractivity contribution in [3.05, 3.63) is 24.3 Å². The molecule has 4 heteroatoms. The average Bonchev–Trinajstić information content (AvgIpc) is 2.36. The smallest absolute Gasteiger partial charge is 0.387 e. The minimum atomic E-state index is -2.77. The van der Waals surface area contributed by atoms with Crippen molar-refractivity contribution in [2.45, 2.75) is 58.6 Å². The van der Waals surface area contributed by atoms with E-state index in [-0.39, 0.29) is 5.75 Å². The van der Waals surface area contributed by atoms with E-state index in [9.17, 15) is 8.78 Å². The summed E-state index contributed by atoms with van der Waals surface area (Å²) in [6.45, 7) is 1.57. The molecule has 0 aliphatic carbocycles. The van der Waals surface area contributed by atoms with Crippen molar-refractivity contribution < 1.29 is 13.5 Å². The highest BCUT2D eigenvalue weighted by atomic mass is 19.3. The molecule has 0 aliphatic heterocycles. The Bertz CT molecular complexity index is 341. The second-order valence-corrected chi connectivity index (χ2v) is 4.80. The predicted octanol–water partition coefficient (Wildman–Crippen LogP) is 5.06. The molecule has 0 saturated carbocycles. The zero-order valence-corrected chi connectivity index (χ0v) is 11.7. The van der Waals surface area contributed by atoms with Gasteiger partial charge in [-0.05, 0) is 37.6 Å². The van der Waals surface area contributed by atoms with Crippen LogP contribution in [0.2, 0.25) is 0 Å². The summed E-state index contributed by atoms with van der Waals surface area (Å²) in [6, 6.07) is 7.02. The number of anilines is 1. The minimum Gasteiger partial charge on any atom is -0.435 e. The summed E-state index contributed by atoms with van der Waals surface area (Å²) in [6.07, 6.45) is 6.13. The van der Waals surface area contributed by atoms with E-state index in [2.05, 4.69) is 23.9 Å². The molecule has 1 unspecified atom stereocenters. The summed E-state index contributed by atoms with van der Waals surface area (Å²) in [5.74, 6) is 0.191. The Balaban J connectivity index is 2.31. The molecule has 1 rings (SSSR count). The van der Waals surface area contributed by atoms with Gasteiger partial charge in [0, 0.05) is 11.7 Å². The summed E-state index contributed by atoms with van der Waals surface area (Å²) in [5.41, 5.74) is 0.935. The Hall–Kier alpha value is -1.32. The van der Waals surface area contributed by atoms with E-state index in [4.69, 9.17) is 0 Å². The van der Waals surface area contributed by atoms with Gasteiger partial charge >= 0.3 is 6.61 Å². The molecule has 0 amide bonds. The quantitative estimate of drug-likeness (QED) is 0.634. The maximum absolute atomic E-state index is 12.0. The van der Waals surface area contributed by atoms with E-state index in [1.807, 2.05) is 0 Å². The first-order valence-electron chi connectivity index (χ1n) is 6.93. The molecule has 1 aromatic carbocycles. The first-order chi connectivity index (χ1) is 9.11. The predicted molar refractivity (Wildman–Crippen MR) is 74.9 cm³/mol. The molecule has 108 valence electrons. The van der Waals surface area contributed by atoms with Crippen LogP contribution in [0.1, 0.15) is 46.0 Å². The van der Waals surface area contributed by atoms with Crippen molar-refractivity contribution in [1.29, 1.82) is 0 Å². The summed E-state index contributed by atoms with van der Waals surface area (Å²) in [4.78, 5) is 0. The van der Waals surface area contributed by atoms with Gasteiger partial charge in [-0.25, -0.2) is 0 Å². The SMILES string of the molecule is CCCCCCC(C)Nc1ccc(OC(F)F)cc1. The number of ether oxygens (including phenoxy) is 1. The summed E-state index contributed by atoms with van der Waals surface area (Å²) in [5, 5.41) is 3.36. The standard InChI is InChI=1S/C15H23F2NO/c1-3-4-5-6-7-12(2)18-13-8-10-14(11-9-13)19-15(16)17/h8-12,15,18H,3-7H2,1-2H3. The molecule has 1 atom stereocenters. The van der Waals surface area contributed by atoms with Gasteiger partial charge in [-0.15, -0.1) is 0 Å². The molecule has 0 saturated heterocycles. The highest BCUT2D eigenvalue weighted by molar-refractivity contribution is 5.46. The zero-order valence-electron chi connectivity index (χ0n) is 11.7. The van der Waals surface area contributed by atoms with E-state index in [1.165, 1.54) is 25.7 Å². The number of rotatable bonds is 9. The van der Waals surface area contributed by atoms with Crippen molar-refractivity contribution in [3.8, 4) is 5.75 Å². The van der Waals surface area contributed by atoms with E-state index >= 15 is 0 Å². The van der Waals surface area contributed by atoms with Crippen molar-refractivity contribution in [2.24, 2.45) is 0 Å². The zero-order chi connectivity index (χ0) is 14.1. The molecule has 0 aromatic heterocycles. The number of halogens is 2. The lowest BCUT2D eigenvalue weighted by molar-refractivity contribution is -0.0498. The fraction of sp³-hybridized carbons (Fsp3) is 0.600. The Morgan fingerprint density at radius 3 is 2.37 bits per heavy atom. The summed E-state index contributed by atoms with van der Waals surface area (Å²) >= 11 is 0. The average molecular weight is 271 g/mol. The van der Waals surface area contributed by atoms with Gasteiger partial charge < -0.3 is 10.1 Å². The number of nitrogens with one attached hydrogen (secondary N) is 1. The van der Waals surface area contributed by atoms with E-state index in [0.29, 0.717) is 6.04 Å². The monoisotopic (exact) mass is 271 g/mol. The van der Waals surface area contributed by atoms with Gasteiger partial charge in [-0.2, -0.15) is 8.78 Å². The van der Waals surface area contributed by atoms with Gasteiger partial charge in [0.25, 0.3) is 0 Å². The third-order valence-corrected chi connectivity index (χ3v) is 2.98. The van der Waals surface area contributed by atoms with Crippen LogP contribution in [-0.4, -0.2) is 12.7 Å². The van der Waals surface area contributed by atoms with Gasteiger partial charge in [0.1, 0.15) is 5.75 Å². The topological polar surface area (TPSA) is 21.3 Å². The molecule has 0 bridgehead atoms. The molecule has 0 aliphatic rings. The van der Waals surface area contributed by atoms with Gasteiger partial charge in [0.15, 0.2) is 0 Å². The molecule has 1 aromatic rings. The van der Waals surface area contributed by atoms with Crippen molar-refractivity contribution >= 4 is 5.69 Å². The van der Waals surface area contributed by atoms with Crippen LogP contribution in [0.15, 0.2) is 24.3 Å². The van der Waals surface area contributed by atoms with Crippen LogP contribution < -0.4 is 10.1 Å². The van der Waals surface area contributed by atoms with E-state index in [0.717, 1.165) is 12.1 Å². The molecule has 0 fully saturated rings. The fourth-order valence-corrected chi connectivity index (χ4v) is 1.97. The normalized spacial score (nSPS) is 12.5. The van der Waals surface area contributed by atoms with E-state index < -0.39 is 6.61 Å². The lowest BCUT2D eigenvalue weighted by Crippen LogP contribution is -2.14. The Morgan fingerprint density at radius 2 is 1.79 bits per heavy atom. The second kappa shape index (κ2) is 8.73. The van der Waals surface area contributed by atoms with Gasteiger partial charge in [-0.3, -0.25) is 0 Å². The summed E-state index contributed by atoms with van der Waals surface area (Å²) in [7, 11) is 0. The molecule has 0 spiro atoms. The molecular weight excluding hydrogens is 248 g/mol. The van der Waals surface area contributed by atoms with Gasteiger partial charge in [0.05, 0.1) is 0 Å². The molecule has 2 nitrogen and oxygen atoms in total. The number of hydrogen-bond donors (Lipinski definition) is 1. The van der Waals surface area contributed by atoms with Crippen LogP contribution in [0.5, 0.6) is 5.75 Å². The first-order valence-corrected chi connectivity index (χ1v) is 6.93. The second-order valence-electron chi connectivity index (χ2n) is 4.80. The van der Waals surface area contributed by atoms with Crippen LogP contribution in [0.25, 0.3) is 0 Å². The lowest BCUT2D eigenvalue weighted by Gasteiger charge is -2.15. The molecule has 0 radical (unpaired) electrons. The number of hydrogen-bond acceptors (Lipinski definition) is 2. The maximum atomic E-state index is 12.0. The van der Waals surface area contributed by atoms with Crippen LogP contribution in [0.4, 0.5) is 14.5 Å². The number of unbranched alkanes of at least 4 members (excludes halogenated alkanes) is 3. The van der Waals surface area contributed by atoms with Gasteiger partial charge in [-0.1, -0.05) is 32.6 Å². The van der Waals surface area contributed by atoms with Crippen molar-refractivity contribution in [1.82, 2.24) is 0 Å². The van der Waals surface area contributed by atoms with Gasteiger partial charge in [0.2, 0.25) is 0 Å². The number of alkyl halides is 2. The summed E-state index contributed by atoms with van der Waals surface area (Å²) < 4.78 is 28.3. The Labute approximate surface area is 114 Å². The van der Waals surface area contributed by atoms with Crippen LogP contribution in [0.3, 0.4) is 0 Å². The largest absolute Gasteiger partial charge is 0.435 e. The third-order valence-electron chi connectivity index (χ3n) is 2.98. The lowest BCUT2D eigenvalue weighted by atomic mass is 10.1. The Kier molecular flexibility index (Phi) is 7.23. The van der Waals surface area contributed by atoms with Crippen LogP contribution in [0, 0.1) is 0 Å². The molecule has 19 heavy (non-hydrogen) atoms. The third kappa shape index (κ3) is 6.99. The molecule has 1 N–H and O–H groups in total. The number of benzene rings is 1. The Morgan fingerprint density at radius 1 is 1.11 bits per heavy atom. The van der Waals surface area contributed by atoms with E-state index in [1.54, 1.807) is 24.3 Å². The van der Waals surface area contributed by atoms with Crippen molar-refractivity contribution in [3.63, 3.8) is 0 Å². The highest BCUT2D eigenvalue weighted by Crippen LogP contribution is 2.19. The fourth-order valence-electron chi connectivity index (χ4n) is 1.97. The molecular formula is C15H23F2NO. The first kappa shape index (κ1) is 15.7. The highest BCUT2D eigenvalue weighted by Gasteiger charge is 2.05. The van der Waals surface area contributed by atoms with Crippen molar-refractivity contribution in [2.75, 3.05) is 5.32 Å². The maximum Gasteiger partial charge on any atom is 0.387 e.